The summed E-state index contributed by atoms with van der Waals surface area (Å²) in [6.45, 7) is 13.7. The number of hydrogen-bond donors (Lipinski definition) is 4. The van der Waals surface area contributed by atoms with E-state index in [1.165, 1.54) is 11.6 Å². The zero-order valence-electron chi connectivity index (χ0n) is 28.5. The minimum Gasteiger partial charge on any atom is -0.508 e. The van der Waals surface area contributed by atoms with Crippen LogP contribution in [-0.2, 0) is 14.3 Å². The molecule has 6 rings (SSSR count). The van der Waals surface area contributed by atoms with E-state index >= 15 is 0 Å². The van der Waals surface area contributed by atoms with E-state index in [1.807, 2.05) is 6.92 Å². The molecule has 1 aromatic carbocycles. The van der Waals surface area contributed by atoms with Gasteiger partial charge in [0.1, 0.15) is 5.75 Å². The molecule has 5 aliphatic rings. The molecular formula is C39H54O7. The number of fused-ring (bicyclic) bond motifs is 7. The van der Waals surface area contributed by atoms with Gasteiger partial charge in [0.2, 0.25) is 0 Å². The van der Waals surface area contributed by atoms with E-state index in [9.17, 15) is 30.0 Å². The molecule has 5 aliphatic carbocycles. The van der Waals surface area contributed by atoms with Crippen LogP contribution in [-0.4, -0.2) is 51.2 Å². The first-order valence-corrected chi connectivity index (χ1v) is 17.5. The van der Waals surface area contributed by atoms with Crippen molar-refractivity contribution in [3.8, 4) is 5.75 Å². The number of aromatic hydroxyl groups is 1. The Morgan fingerprint density at radius 2 is 1.65 bits per heavy atom. The normalized spacial score (nSPS) is 46.7. The highest BCUT2D eigenvalue weighted by atomic mass is 16.5. The first-order valence-electron chi connectivity index (χ1n) is 17.5. The third-order valence-corrected chi connectivity index (χ3v) is 15.0. The highest BCUT2D eigenvalue weighted by Gasteiger charge is 2.71. The van der Waals surface area contributed by atoms with Gasteiger partial charge >= 0.3 is 11.9 Å². The molecule has 4 fully saturated rings. The second-order valence-corrected chi connectivity index (χ2v) is 16.9. The molecule has 4 N–H and O–H groups in total. The lowest BCUT2D eigenvalue weighted by atomic mass is 9.33. The first kappa shape index (κ1) is 33.3. The first-order chi connectivity index (χ1) is 21.5. The molecular weight excluding hydrogens is 580 g/mol. The number of phenolic OH excluding ortho intramolecular Hbond substituents is 1. The molecule has 0 bridgehead atoms. The molecule has 0 amide bonds. The number of carboxylic acids is 1. The molecule has 3 unspecified atom stereocenters. The Hall–Kier alpha value is -2.64. The standard InChI is InChI=1S/C39H54O7/c1-23-15-18-39(34(44)45)20-19-37(5)27(32(39)24(23)2)12-13-30-35(3)21-28(41)33(43)36(4,29(35)16-17-38(30,37)6)22-46-31(42)14-9-25-7-10-26(40)11-8-25/h7-12,14,23-24,28-30,32-33,40-41,43H,13,15-22H2,1-6H3,(H,44,45)/b14-9-/t23-,24+,28-,29?,30?,32?,33+,35+,36-,37-,38-,39+/m1/s1. The number of carbonyl (C=O) groups is 2. The van der Waals surface area contributed by atoms with E-state index in [1.54, 1.807) is 30.3 Å². The van der Waals surface area contributed by atoms with Gasteiger partial charge in [-0.15, -0.1) is 0 Å². The van der Waals surface area contributed by atoms with Crippen molar-refractivity contribution in [1.29, 1.82) is 0 Å². The Kier molecular flexibility index (Phi) is 8.12. The predicted molar refractivity (Wildman–Crippen MR) is 176 cm³/mol. The third-order valence-electron chi connectivity index (χ3n) is 15.0. The Morgan fingerprint density at radius 1 is 0.957 bits per heavy atom. The number of allylic oxidation sites excluding steroid dienone is 2. The summed E-state index contributed by atoms with van der Waals surface area (Å²) in [6.07, 6.45) is 9.80. The highest BCUT2D eigenvalue weighted by molar-refractivity contribution is 5.87. The fourth-order valence-corrected chi connectivity index (χ4v) is 12.0. The van der Waals surface area contributed by atoms with Crippen LogP contribution in [0.4, 0.5) is 0 Å². The van der Waals surface area contributed by atoms with Crippen molar-refractivity contribution in [2.45, 2.75) is 105 Å². The number of aliphatic hydroxyl groups is 2. The lowest BCUT2D eigenvalue weighted by Gasteiger charge is -2.71. The maximum atomic E-state index is 13.0. The van der Waals surface area contributed by atoms with Gasteiger partial charge in [-0.05, 0) is 121 Å². The van der Waals surface area contributed by atoms with Crippen LogP contribution in [0.3, 0.4) is 0 Å². The van der Waals surface area contributed by atoms with Gasteiger partial charge in [-0.1, -0.05) is 65.3 Å². The minimum absolute atomic E-state index is 0.00460. The van der Waals surface area contributed by atoms with Gasteiger partial charge in [0.15, 0.2) is 0 Å². The van der Waals surface area contributed by atoms with Crippen LogP contribution in [0, 0.1) is 56.7 Å². The van der Waals surface area contributed by atoms with E-state index in [2.05, 4.69) is 40.7 Å². The van der Waals surface area contributed by atoms with E-state index in [0.29, 0.717) is 24.7 Å². The predicted octanol–water partition coefficient (Wildman–Crippen LogP) is 7.00. The molecule has 12 atom stereocenters. The summed E-state index contributed by atoms with van der Waals surface area (Å²) < 4.78 is 5.81. The van der Waals surface area contributed by atoms with E-state index in [-0.39, 0.29) is 46.4 Å². The number of esters is 1. The molecule has 0 heterocycles. The van der Waals surface area contributed by atoms with Crippen LogP contribution in [0.1, 0.15) is 98.5 Å². The zero-order valence-corrected chi connectivity index (χ0v) is 28.5. The lowest BCUT2D eigenvalue weighted by molar-refractivity contribution is -0.245. The maximum Gasteiger partial charge on any atom is 0.330 e. The molecule has 0 saturated heterocycles. The number of carboxylic acid groups (broad SMARTS) is 1. The van der Waals surface area contributed by atoms with Crippen molar-refractivity contribution in [1.82, 2.24) is 0 Å². The average molecular weight is 635 g/mol. The quantitative estimate of drug-likeness (QED) is 0.156. The highest BCUT2D eigenvalue weighted by Crippen LogP contribution is 2.75. The summed E-state index contributed by atoms with van der Waals surface area (Å²) in [5.74, 6) is 0.0827. The summed E-state index contributed by atoms with van der Waals surface area (Å²) in [5, 5.41) is 43.1. The summed E-state index contributed by atoms with van der Waals surface area (Å²) >= 11 is 0. The van der Waals surface area contributed by atoms with Crippen molar-refractivity contribution in [2.24, 2.45) is 56.7 Å². The van der Waals surface area contributed by atoms with Crippen LogP contribution < -0.4 is 0 Å². The van der Waals surface area contributed by atoms with Gasteiger partial charge in [0.25, 0.3) is 0 Å². The topological polar surface area (TPSA) is 124 Å². The second kappa shape index (κ2) is 11.2. The average Bonchev–Trinajstić information content (AvgIpc) is 3.00. The molecule has 0 aromatic heterocycles. The van der Waals surface area contributed by atoms with Crippen LogP contribution in [0.15, 0.2) is 42.0 Å². The number of phenols is 1. The zero-order chi connectivity index (χ0) is 33.4. The Labute approximate surface area is 274 Å². The van der Waals surface area contributed by atoms with Crippen molar-refractivity contribution >= 4 is 18.0 Å². The molecule has 7 nitrogen and oxygen atoms in total. The Bertz CT molecular complexity index is 1430. The number of benzene rings is 1. The number of carbonyl (C=O) groups excluding carboxylic acids is 1. The van der Waals surface area contributed by atoms with Crippen molar-refractivity contribution in [2.75, 3.05) is 6.61 Å². The Morgan fingerprint density at radius 3 is 2.33 bits per heavy atom. The third kappa shape index (κ3) is 4.65. The molecule has 252 valence electrons. The van der Waals surface area contributed by atoms with E-state index in [4.69, 9.17) is 4.74 Å². The summed E-state index contributed by atoms with van der Waals surface area (Å²) in [7, 11) is 0. The van der Waals surface area contributed by atoms with Gasteiger partial charge in [-0.25, -0.2) is 4.79 Å². The van der Waals surface area contributed by atoms with Gasteiger partial charge in [-0.3, -0.25) is 4.79 Å². The van der Waals surface area contributed by atoms with Crippen LogP contribution in [0.25, 0.3) is 6.08 Å². The van der Waals surface area contributed by atoms with Gasteiger partial charge in [0, 0.05) is 11.5 Å². The number of aliphatic carboxylic acids is 1. The fourth-order valence-electron chi connectivity index (χ4n) is 12.0. The smallest absolute Gasteiger partial charge is 0.330 e. The summed E-state index contributed by atoms with van der Waals surface area (Å²) in [4.78, 5) is 25.9. The Balaban J connectivity index is 1.30. The van der Waals surface area contributed by atoms with Gasteiger partial charge in [0.05, 0.1) is 24.2 Å². The van der Waals surface area contributed by atoms with Crippen molar-refractivity contribution in [3.63, 3.8) is 0 Å². The molecule has 46 heavy (non-hydrogen) atoms. The molecule has 1 aromatic rings. The SMILES string of the molecule is C[C@@H]1CC[C@]2(C(=O)O)CC[C@]3(C)C(=CCC4[C@@]5(C)C[C@@H](O)[C@H](O)[C@](C)(COC(=O)/C=C\c6ccc(O)cc6)C5CC[C@]43C)C2[C@H]1C. The minimum atomic E-state index is -1.02. The largest absolute Gasteiger partial charge is 0.508 e. The molecule has 0 aliphatic heterocycles. The van der Waals surface area contributed by atoms with E-state index in [0.717, 1.165) is 44.1 Å². The molecule has 7 heteroatoms. The number of aliphatic hydroxyl groups excluding tert-OH is 2. The van der Waals surface area contributed by atoms with Crippen molar-refractivity contribution in [3.05, 3.63) is 47.6 Å². The molecule has 4 saturated carbocycles. The molecule has 0 radical (unpaired) electrons. The maximum absolute atomic E-state index is 13.0. The fraction of sp³-hybridized carbons (Fsp3) is 0.692. The second-order valence-electron chi connectivity index (χ2n) is 16.9. The number of ether oxygens (including phenoxy) is 1. The monoisotopic (exact) mass is 634 g/mol. The summed E-state index contributed by atoms with van der Waals surface area (Å²) in [5.41, 5.74) is 0.0419. The summed E-state index contributed by atoms with van der Waals surface area (Å²) in [6, 6.07) is 6.53. The number of rotatable bonds is 5. The van der Waals surface area contributed by atoms with Crippen LogP contribution in [0.2, 0.25) is 0 Å². The lowest BCUT2D eigenvalue weighted by Crippen LogP contribution is -2.68. The molecule has 0 spiro atoms. The van der Waals surface area contributed by atoms with Crippen LogP contribution in [0.5, 0.6) is 5.75 Å². The number of hydrogen-bond acceptors (Lipinski definition) is 6. The van der Waals surface area contributed by atoms with E-state index < -0.39 is 35.0 Å². The van der Waals surface area contributed by atoms with Crippen molar-refractivity contribution < 1.29 is 34.8 Å². The van der Waals surface area contributed by atoms with Gasteiger partial charge in [-0.2, -0.15) is 0 Å². The van der Waals surface area contributed by atoms with Crippen LogP contribution >= 0.6 is 0 Å². The van der Waals surface area contributed by atoms with Gasteiger partial charge < -0.3 is 25.2 Å².